The highest BCUT2D eigenvalue weighted by Crippen LogP contribution is 2.43. The summed E-state index contributed by atoms with van der Waals surface area (Å²) in [5.74, 6) is -0.268. The third-order valence-electron chi connectivity index (χ3n) is 5.89. The lowest BCUT2D eigenvalue weighted by Gasteiger charge is -2.25. The number of rotatable bonds is 9. The molecular weight excluding hydrogens is 500 g/mol. The van der Waals surface area contributed by atoms with Crippen LogP contribution in [0.5, 0.6) is 40.2 Å². The van der Waals surface area contributed by atoms with Crippen LogP contribution in [0.25, 0.3) is 22.3 Å². The van der Waals surface area contributed by atoms with E-state index in [1.165, 1.54) is 63.8 Å². The Balaban J connectivity index is 1.75. The summed E-state index contributed by atoms with van der Waals surface area (Å²) in [6.45, 7) is -0.592. The molecule has 1 heterocycles. The SMILES string of the molecule is COc1cc(C(O)[C@@H](CO)Oc2c(OC)cc(-c3cc(=O)c4c(O)cc(O)cc4o3)cc2OC)ccc1O. The number of ether oxygens (including phenoxy) is 4. The van der Waals surface area contributed by atoms with Crippen molar-refractivity contribution in [2.75, 3.05) is 27.9 Å². The predicted octanol–water partition coefficient (Wildman–Crippen LogP) is 3.08. The van der Waals surface area contributed by atoms with Crippen LogP contribution in [0.3, 0.4) is 0 Å². The molecule has 0 amide bonds. The first-order valence-corrected chi connectivity index (χ1v) is 11.3. The van der Waals surface area contributed by atoms with Gasteiger partial charge in [0.2, 0.25) is 5.75 Å². The molecule has 0 saturated carbocycles. The van der Waals surface area contributed by atoms with Gasteiger partial charge < -0.3 is 48.9 Å². The molecule has 2 atom stereocenters. The van der Waals surface area contributed by atoms with Crippen molar-refractivity contribution in [2.45, 2.75) is 12.2 Å². The molecule has 1 aromatic heterocycles. The summed E-state index contributed by atoms with van der Waals surface area (Å²) in [6, 6.07) is 10.6. The Hall–Kier alpha value is -4.61. The minimum Gasteiger partial charge on any atom is -0.508 e. The summed E-state index contributed by atoms with van der Waals surface area (Å²) < 4.78 is 27.7. The third-order valence-corrected chi connectivity index (χ3v) is 5.89. The highest BCUT2D eigenvalue weighted by molar-refractivity contribution is 5.86. The van der Waals surface area contributed by atoms with E-state index >= 15 is 0 Å². The van der Waals surface area contributed by atoms with Crippen molar-refractivity contribution in [2.24, 2.45) is 0 Å². The van der Waals surface area contributed by atoms with E-state index in [4.69, 9.17) is 23.4 Å². The zero-order valence-corrected chi connectivity index (χ0v) is 20.7. The number of benzene rings is 3. The van der Waals surface area contributed by atoms with E-state index < -0.39 is 30.0 Å². The first-order chi connectivity index (χ1) is 18.2. The molecular formula is C27H26O11. The van der Waals surface area contributed by atoms with Crippen LogP contribution in [0.15, 0.2) is 57.7 Å². The number of aromatic hydroxyl groups is 3. The van der Waals surface area contributed by atoms with E-state index in [-0.39, 0.29) is 51.2 Å². The molecule has 0 saturated heterocycles. The zero-order valence-electron chi connectivity index (χ0n) is 20.7. The molecule has 11 heteroatoms. The number of phenolic OH excluding ortho intramolecular Hbond substituents is 3. The summed E-state index contributed by atoms with van der Waals surface area (Å²) in [7, 11) is 4.10. The van der Waals surface area contributed by atoms with Gasteiger partial charge in [0.25, 0.3) is 0 Å². The van der Waals surface area contributed by atoms with Crippen molar-refractivity contribution in [3.8, 4) is 51.6 Å². The van der Waals surface area contributed by atoms with E-state index in [9.17, 15) is 30.3 Å². The third kappa shape index (κ3) is 4.97. The van der Waals surface area contributed by atoms with Gasteiger partial charge in [-0.3, -0.25) is 4.79 Å². The molecule has 4 aromatic rings. The summed E-state index contributed by atoms with van der Waals surface area (Å²) in [5, 5.41) is 50.5. The minimum absolute atomic E-state index is 0.0314. The number of phenols is 3. The van der Waals surface area contributed by atoms with Gasteiger partial charge in [0.1, 0.15) is 34.3 Å². The number of aliphatic hydroxyl groups excluding tert-OH is 2. The Kier molecular flexibility index (Phi) is 7.51. The minimum atomic E-state index is -1.33. The Labute approximate surface area is 216 Å². The van der Waals surface area contributed by atoms with Crippen molar-refractivity contribution < 1.29 is 48.9 Å². The Morgan fingerprint density at radius 2 is 1.50 bits per heavy atom. The fourth-order valence-corrected chi connectivity index (χ4v) is 3.98. The number of fused-ring (bicyclic) bond motifs is 1. The smallest absolute Gasteiger partial charge is 0.204 e. The quantitative estimate of drug-likeness (QED) is 0.217. The average molecular weight is 526 g/mol. The molecule has 3 aromatic carbocycles. The largest absolute Gasteiger partial charge is 0.508 e. The van der Waals surface area contributed by atoms with Crippen molar-refractivity contribution in [3.05, 3.63) is 64.3 Å². The average Bonchev–Trinajstić information content (AvgIpc) is 2.90. The fraction of sp³-hybridized carbons (Fsp3) is 0.222. The molecule has 0 fully saturated rings. The number of methoxy groups -OCH3 is 3. The van der Waals surface area contributed by atoms with Crippen LogP contribution in [0, 0.1) is 0 Å². The lowest BCUT2D eigenvalue weighted by atomic mass is 10.0. The summed E-state index contributed by atoms with van der Waals surface area (Å²) in [4.78, 5) is 12.7. The molecule has 5 N–H and O–H groups in total. The highest BCUT2D eigenvalue weighted by Gasteiger charge is 2.27. The second-order valence-electron chi connectivity index (χ2n) is 8.24. The van der Waals surface area contributed by atoms with Gasteiger partial charge >= 0.3 is 0 Å². The molecule has 0 radical (unpaired) electrons. The molecule has 200 valence electrons. The second kappa shape index (κ2) is 10.8. The van der Waals surface area contributed by atoms with E-state index in [1.807, 2.05) is 0 Å². The maximum atomic E-state index is 12.7. The number of hydrogen-bond donors (Lipinski definition) is 5. The molecule has 11 nitrogen and oxygen atoms in total. The molecule has 0 aliphatic carbocycles. The van der Waals surface area contributed by atoms with Gasteiger partial charge in [0, 0.05) is 23.8 Å². The first kappa shape index (κ1) is 26.5. The number of aliphatic hydroxyl groups is 2. The predicted molar refractivity (Wildman–Crippen MR) is 135 cm³/mol. The van der Waals surface area contributed by atoms with Gasteiger partial charge in [0.05, 0.1) is 27.9 Å². The van der Waals surface area contributed by atoms with Crippen LogP contribution in [-0.4, -0.2) is 59.6 Å². The van der Waals surface area contributed by atoms with Gasteiger partial charge in [-0.2, -0.15) is 0 Å². The van der Waals surface area contributed by atoms with Crippen LogP contribution >= 0.6 is 0 Å². The number of hydrogen-bond acceptors (Lipinski definition) is 11. The van der Waals surface area contributed by atoms with Crippen LogP contribution < -0.4 is 24.4 Å². The van der Waals surface area contributed by atoms with Crippen LogP contribution in [-0.2, 0) is 0 Å². The summed E-state index contributed by atoms with van der Waals surface area (Å²) >= 11 is 0. The van der Waals surface area contributed by atoms with Gasteiger partial charge in [-0.1, -0.05) is 6.07 Å². The highest BCUT2D eigenvalue weighted by atomic mass is 16.6. The molecule has 0 bridgehead atoms. The van der Waals surface area contributed by atoms with Crippen LogP contribution in [0.1, 0.15) is 11.7 Å². The van der Waals surface area contributed by atoms with Gasteiger partial charge in [-0.05, 0) is 29.8 Å². The molecule has 0 spiro atoms. The van der Waals surface area contributed by atoms with Crippen molar-refractivity contribution in [3.63, 3.8) is 0 Å². The summed E-state index contributed by atoms with van der Waals surface area (Å²) in [6.07, 6.45) is -2.51. The normalized spacial score (nSPS) is 12.7. The van der Waals surface area contributed by atoms with Gasteiger partial charge in [-0.15, -0.1) is 0 Å². The van der Waals surface area contributed by atoms with Crippen LogP contribution in [0.2, 0.25) is 0 Å². The lowest BCUT2D eigenvalue weighted by Crippen LogP contribution is -2.29. The van der Waals surface area contributed by atoms with E-state index in [2.05, 4.69) is 0 Å². The fourth-order valence-electron chi connectivity index (χ4n) is 3.98. The van der Waals surface area contributed by atoms with Crippen molar-refractivity contribution in [1.82, 2.24) is 0 Å². The van der Waals surface area contributed by atoms with Crippen LogP contribution in [0.4, 0.5) is 0 Å². The molecule has 4 rings (SSSR count). The molecule has 38 heavy (non-hydrogen) atoms. The second-order valence-corrected chi connectivity index (χ2v) is 8.24. The maximum Gasteiger partial charge on any atom is 0.204 e. The Morgan fingerprint density at radius 3 is 2.11 bits per heavy atom. The van der Waals surface area contributed by atoms with E-state index in [0.29, 0.717) is 11.1 Å². The lowest BCUT2D eigenvalue weighted by molar-refractivity contribution is -0.00173. The summed E-state index contributed by atoms with van der Waals surface area (Å²) in [5.41, 5.74) is 0.0933. The topological polar surface area (TPSA) is 168 Å². The monoisotopic (exact) mass is 526 g/mol. The maximum absolute atomic E-state index is 12.7. The standard InChI is InChI=1S/C27H26O11/c1-34-20-6-13(4-5-16(20)30)26(33)24(12-28)38-27-22(35-2)7-14(8-23(27)36-3)19-11-18(32)25-17(31)9-15(29)10-21(25)37-19/h4-11,24,26,28-31,33H,12H2,1-3H3/t24-,26?/m1/s1. The van der Waals surface area contributed by atoms with Gasteiger partial charge in [-0.25, -0.2) is 0 Å². The van der Waals surface area contributed by atoms with Crippen molar-refractivity contribution in [1.29, 1.82) is 0 Å². The van der Waals surface area contributed by atoms with E-state index in [1.54, 1.807) is 0 Å². The Bertz CT molecular complexity index is 1500. The van der Waals surface area contributed by atoms with Crippen molar-refractivity contribution >= 4 is 11.0 Å². The van der Waals surface area contributed by atoms with Gasteiger partial charge in [0.15, 0.2) is 34.5 Å². The zero-order chi connectivity index (χ0) is 27.6. The molecule has 1 unspecified atom stereocenters. The first-order valence-electron chi connectivity index (χ1n) is 11.3. The molecule has 0 aliphatic heterocycles. The van der Waals surface area contributed by atoms with E-state index in [0.717, 1.165) is 6.07 Å². The molecule has 0 aliphatic rings. The Morgan fingerprint density at radius 1 is 0.842 bits per heavy atom.